The van der Waals surface area contributed by atoms with Crippen LogP contribution in [0.5, 0.6) is 0 Å². The monoisotopic (exact) mass is 435 g/mol. The number of pyridine rings is 1. The fourth-order valence-electron chi connectivity index (χ4n) is 4.24. The molecule has 0 unspecified atom stereocenters. The first-order valence-corrected chi connectivity index (χ1v) is 11.4. The minimum absolute atomic E-state index is 0.0259. The minimum Gasteiger partial charge on any atom is -0.381 e. The van der Waals surface area contributed by atoms with Gasteiger partial charge in [-0.05, 0) is 31.0 Å². The Kier molecular flexibility index (Phi) is 5.87. The van der Waals surface area contributed by atoms with Gasteiger partial charge in [0.2, 0.25) is 10.0 Å². The third-order valence-electron chi connectivity index (χ3n) is 6.06. The Bertz CT molecular complexity index is 963. The molecule has 0 atom stereocenters. The van der Waals surface area contributed by atoms with Crippen LogP contribution in [-0.2, 0) is 19.6 Å². The van der Waals surface area contributed by atoms with Crippen molar-refractivity contribution in [1.82, 2.24) is 24.5 Å². The lowest BCUT2D eigenvalue weighted by molar-refractivity contribution is -0.134. The van der Waals surface area contributed by atoms with Crippen molar-refractivity contribution in [1.29, 1.82) is 0 Å². The molecular formula is C19H25N5O5S. The zero-order chi connectivity index (χ0) is 21.2. The van der Waals surface area contributed by atoms with Crippen molar-refractivity contribution in [2.24, 2.45) is 0 Å². The topological polar surface area (TPSA) is 127 Å². The molecule has 4 rings (SSSR count). The molecule has 0 radical (unpaired) electrons. The number of nitrogens with one attached hydrogen (secondary N) is 1. The largest absolute Gasteiger partial charge is 0.381 e. The fraction of sp³-hybridized carbons (Fsp3) is 0.526. The smallest absolute Gasteiger partial charge is 0.266 e. The minimum atomic E-state index is -3.95. The summed E-state index contributed by atoms with van der Waals surface area (Å²) in [5.74, 6) is -0.746. The van der Waals surface area contributed by atoms with E-state index in [1.807, 2.05) is 24.4 Å². The summed E-state index contributed by atoms with van der Waals surface area (Å²) in [6.45, 7) is 0.930. The van der Waals surface area contributed by atoms with Crippen LogP contribution in [0, 0.1) is 0 Å². The van der Waals surface area contributed by atoms with Crippen molar-refractivity contribution in [3.8, 4) is 5.69 Å². The third-order valence-corrected chi connectivity index (χ3v) is 8.69. The second-order valence-electron chi connectivity index (χ2n) is 7.62. The number of piperidine rings is 1. The van der Waals surface area contributed by atoms with Crippen LogP contribution < -0.4 is 5.48 Å². The van der Waals surface area contributed by atoms with E-state index in [1.54, 1.807) is 22.6 Å². The zero-order valence-electron chi connectivity index (χ0n) is 16.5. The average molecular weight is 436 g/mol. The molecular weight excluding hydrogens is 410 g/mol. The Labute approximate surface area is 174 Å². The Morgan fingerprint density at radius 3 is 2.53 bits per heavy atom. The molecule has 2 aliphatic rings. The van der Waals surface area contributed by atoms with Crippen LogP contribution in [0.3, 0.4) is 0 Å². The molecule has 2 aliphatic heterocycles. The molecule has 0 bridgehead atoms. The van der Waals surface area contributed by atoms with Crippen LogP contribution in [0.2, 0.25) is 0 Å². The van der Waals surface area contributed by atoms with Crippen molar-refractivity contribution in [2.75, 3.05) is 26.3 Å². The van der Waals surface area contributed by atoms with Crippen molar-refractivity contribution in [3.05, 3.63) is 42.5 Å². The van der Waals surface area contributed by atoms with Crippen molar-refractivity contribution < 1.29 is 23.2 Å². The first kappa shape index (κ1) is 20.9. The Morgan fingerprint density at radius 2 is 1.97 bits per heavy atom. The van der Waals surface area contributed by atoms with Crippen LogP contribution >= 0.6 is 0 Å². The van der Waals surface area contributed by atoms with E-state index in [1.165, 1.54) is 4.31 Å². The number of carbonyl (C=O) groups is 1. The molecule has 0 aliphatic carbocycles. The van der Waals surface area contributed by atoms with Gasteiger partial charge in [0.05, 0.1) is 11.9 Å². The van der Waals surface area contributed by atoms with Gasteiger partial charge in [0, 0.05) is 63.2 Å². The van der Waals surface area contributed by atoms with E-state index >= 15 is 0 Å². The van der Waals surface area contributed by atoms with Crippen LogP contribution in [0.4, 0.5) is 0 Å². The molecule has 1 amide bonds. The first-order valence-electron chi connectivity index (χ1n) is 9.96. The summed E-state index contributed by atoms with van der Waals surface area (Å²) < 4.78 is 33.4. The van der Waals surface area contributed by atoms with Gasteiger partial charge < -0.3 is 4.74 Å². The van der Waals surface area contributed by atoms with Crippen LogP contribution in [-0.4, -0.2) is 69.7 Å². The molecule has 2 saturated heterocycles. The molecule has 4 heterocycles. The molecule has 0 saturated carbocycles. The SMILES string of the molecule is O=C(NO)C1(S(=O)(=O)N2CCC(c3ccc(-n4cccn4)cn3)CC2)CCOCC1. The Hall–Kier alpha value is -2.34. The van der Waals surface area contributed by atoms with Gasteiger partial charge in [0.25, 0.3) is 5.91 Å². The second kappa shape index (κ2) is 8.42. The highest BCUT2D eigenvalue weighted by Crippen LogP contribution is 2.36. The summed E-state index contributed by atoms with van der Waals surface area (Å²) >= 11 is 0. The molecule has 162 valence electrons. The van der Waals surface area contributed by atoms with E-state index in [0.29, 0.717) is 25.9 Å². The van der Waals surface area contributed by atoms with Gasteiger partial charge in [0.1, 0.15) is 0 Å². The van der Waals surface area contributed by atoms with Crippen molar-refractivity contribution in [3.63, 3.8) is 0 Å². The van der Waals surface area contributed by atoms with Crippen LogP contribution in [0.15, 0.2) is 36.8 Å². The highest BCUT2D eigenvalue weighted by molar-refractivity contribution is 7.91. The Balaban J connectivity index is 1.46. The molecule has 0 aromatic carbocycles. The predicted octanol–water partition coefficient (Wildman–Crippen LogP) is 0.831. The van der Waals surface area contributed by atoms with Crippen LogP contribution in [0.1, 0.15) is 37.3 Å². The normalized spacial score (nSPS) is 20.7. The number of amides is 1. The van der Waals surface area contributed by atoms with Gasteiger partial charge in [-0.25, -0.2) is 22.9 Å². The van der Waals surface area contributed by atoms with E-state index in [2.05, 4.69) is 10.1 Å². The number of hydroxylamine groups is 1. The number of hydrogen-bond acceptors (Lipinski definition) is 7. The van der Waals surface area contributed by atoms with Gasteiger partial charge in [-0.2, -0.15) is 5.10 Å². The van der Waals surface area contributed by atoms with E-state index in [4.69, 9.17) is 9.94 Å². The number of ether oxygens (including phenoxy) is 1. The lowest BCUT2D eigenvalue weighted by Crippen LogP contribution is -2.60. The maximum atomic E-state index is 13.4. The molecule has 2 fully saturated rings. The average Bonchev–Trinajstić information content (AvgIpc) is 3.34. The molecule has 2 aromatic rings. The number of sulfonamides is 1. The van der Waals surface area contributed by atoms with E-state index in [9.17, 15) is 13.2 Å². The van der Waals surface area contributed by atoms with E-state index < -0.39 is 20.7 Å². The maximum Gasteiger partial charge on any atom is 0.266 e. The second-order valence-corrected chi connectivity index (χ2v) is 9.87. The van der Waals surface area contributed by atoms with Crippen molar-refractivity contribution in [2.45, 2.75) is 36.3 Å². The standard InChI is InChI=1S/C19H25N5O5S/c25-18(22-26)19(6-12-29-13-7-19)30(27,28)23-10-4-15(5-11-23)17-3-2-16(14-20-17)24-9-1-8-21-24/h1-3,8-9,14-15,26H,4-7,10-13H2,(H,22,25). The molecule has 11 heteroatoms. The van der Waals surface area contributed by atoms with E-state index in [-0.39, 0.29) is 32.0 Å². The molecule has 30 heavy (non-hydrogen) atoms. The summed E-state index contributed by atoms with van der Waals surface area (Å²) in [4.78, 5) is 16.9. The number of carbonyl (C=O) groups excluding carboxylic acids is 1. The maximum absolute atomic E-state index is 13.4. The summed E-state index contributed by atoms with van der Waals surface area (Å²) in [6.07, 6.45) is 6.58. The summed E-state index contributed by atoms with van der Waals surface area (Å²) in [7, 11) is -3.95. The lowest BCUT2D eigenvalue weighted by atomic mass is 9.94. The highest BCUT2D eigenvalue weighted by atomic mass is 32.2. The lowest BCUT2D eigenvalue weighted by Gasteiger charge is -2.40. The number of rotatable bonds is 5. The van der Waals surface area contributed by atoms with Crippen molar-refractivity contribution >= 4 is 15.9 Å². The molecule has 10 nitrogen and oxygen atoms in total. The molecule has 2 aromatic heterocycles. The quantitative estimate of drug-likeness (QED) is 0.526. The third kappa shape index (κ3) is 3.62. The van der Waals surface area contributed by atoms with Crippen LogP contribution in [0.25, 0.3) is 5.69 Å². The summed E-state index contributed by atoms with van der Waals surface area (Å²) in [6, 6.07) is 5.73. The van der Waals surface area contributed by atoms with Gasteiger partial charge in [-0.3, -0.25) is 15.0 Å². The first-order chi connectivity index (χ1) is 14.5. The zero-order valence-corrected chi connectivity index (χ0v) is 17.3. The summed E-state index contributed by atoms with van der Waals surface area (Å²) in [5, 5.41) is 13.3. The van der Waals surface area contributed by atoms with Gasteiger partial charge >= 0.3 is 0 Å². The predicted molar refractivity (Wildman–Crippen MR) is 107 cm³/mol. The van der Waals surface area contributed by atoms with Gasteiger partial charge in [-0.1, -0.05) is 0 Å². The van der Waals surface area contributed by atoms with Gasteiger partial charge in [0.15, 0.2) is 4.75 Å². The molecule has 0 spiro atoms. The van der Waals surface area contributed by atoms with E-state index in [0.717, 1.165) is 11.4 Å². The highest BCUT2D eigenvalue weighted by Gasteiger charge is 2.54. The number of hydrogen-bond donors (Lipinski definition) is 2. The number of aromatic nitrogens is 3. The van der Waals surface area contributed by atoms with Gasteiger partial charge in [-0.15, -0.1) is 0 Å². The Morgan fingerprint density at radius 1 is 1.23 bits per heavy atom. The fourth-order valence-corrected chi connectivity index (χ4v) is 6.39. The number of nitrogens with zero attached hydrogens (tertiary/aromatic N) is 4. The molecule has 2 N–H and O–H groups in total. The summed E-state index contributed by atoms with van der Waals surface area (Å²) in [5.41, 5.74) is 3.33.